The Morgan fingerprint density at radius 1 is 1.43 bits per heavy atom. The molecule has 0 aliphatic carbocycles. The molecule has 1 aromatic rings. The maximum absolute atomic E-state index is 11.9. The molecule has 0 bridgehead atoms. The number of nitrogens with zero attached hydrogens (tertiary/aromatic N) is 2. The number of hydrogen-bond acceptors (Lipinski definition) is 5. The van der Waals surface area contributed by atoms with Gasteiger partial charge in [-0.05, 0) is 37.8 Å². The molecule has 0 amide bonds. The number of hydrogen-bond donors (Lipinski definition) is 0. The predicted molar refractivity (Wildman–Crippen MR) is 86.3 cm³/mol. The van der Waals surface area contributed by atoms with Crippen molar-refractivity contribution in [2.24, 2.45) is 5.92 Å². The van der Waals surface area contributed by atoms with Gasteiger partial charge in [-0.2, -0.15) is 4.31 Å². The van der Waals surface area contributed by atoms with Gasteiger partial charge in [0.15, 0.2) is 0 Å². The average Bonchev–Trinajstić information content (AvgIpc) is 2.95. The third-order valence-electron chi connectivity index (χ3n) is 4.83. The van der Waals surface area contributed by atoms with E-state index in [1.54, 1.807) is 17.4 Å². The molecule has 0 radical (unpaired) electrons. The average molecular weight is 340 g/mol. The van der Waals surface area contributed by atoms with Crippen LogP contribution in [0.5, 0.6) is 0 Å². The van der Waals surface area contributed by atoms with Gasteiger partial charge in [-0.1, -0.05) is 6.07 Å². The minimum Gasteiger partial charge on any atom is -0.375 e. The standard InChI is InChI=1S/C16H24N2O4S/c1-2-23(19,20)18-12-16(13-18)14(7-10-22-16)6-9-21-11-15-5-3-4-8-17-15/h3-5,8,14H,2,6-7,9-13H2,1H3/t14-/m0/s1. The highest BCUT2D eigenvalue weighted by atomic mass is 32.2. The van der Waals surface area contributed by atoms with Crippen molar-refractivity contribution in [3.8, 4) is 0 Å². The molecule has 2 aliphatic rings. The second kappa shape index (κ2) is 6.84. The maximum atomic E-state index is 11.9. The molecule has 3 rings (SSSR count). The summed E-state index contributed by atoms with van der Waals surface area (Å²) in [6.45, 7) is 4.54. The molecule has 3 heterocycles. The maximum Gasteiger partial charge on any atom is 0.214 e. The second-order valence-corrected chi connectivity index (χ2v) is 8.49. The van der Waals surface area contributed by atoms with Crippen molar-refractivity contribution in [2.75, 3.05) is 32.1 Å². The zero-order chi connectivity index (χ0) is 16.3. The number of ether oxygens (including phenoxy) is 2. The lowest BCUT2D eigenvalue weighted by atomic mass is 9.80. The Morgan fingerprint density at radius 3 is 2.96 bits per heavy atom. The Morgan fingerprint density at radius 2 is 2.26 bits per heavy atom. The molecule has 23 heavy (non-hydrogen) atoms. The Balaban J connectivity index is 1.45. The molecule has 0 aromatic carbocycles. The summed E-state index contributed by atoms with van der Waals surface area (Å²) < 4.78 is 36.9. The predicted octanol–water partition coefficient (Wildman–Crippen LogP) is 1.43. The molecule has 7 heteroatoms. The van der Waals surface area contributed by atoms with Crippen LogP contribution in [0, 0.1) is 5.92 Å². The van der Waals surface area contributed by atoms with Crippen LogP contribution in [0.2, 0.25) is 0 Å². The summed E-state index contributed by atoms with van der Waals surface area (Å²) in [6.07, 6.45) is 3.63. The summed E-state index contributed by atoms with van der Waals surface area (Å²) in [4.78, 5) is 4.23. The van der Waals surface area contributed by atoms with Gasteiger partial charge < -0.3 is 9.47 Å². The second-order valence-electron chi connectivity index (χ2n) is 6.23. The molecular formula is C16H24N2O4S. The summed E-state index contributed by atoms with van der Waals surface area (Å²) in [7, 11) is -3.10. The van der Waals surface area contributed by atoms with Gasteiger partial charge in [0.2, 0.25) is 10.0 Å². The highest BCUT2D eigenvalue weighted by molar-refractivity contribution is 7.89. The van der Waals surface area contributed by atoms with Crippen molar-refractivity contribution in [3.63, 3.8) is 0 Å². The first-order valence-electron chi connectivity index (χ1n) is 8.15. The minimum atomic E-state index is -3.10. The van der Waals surface area contributed by atoms with Crippen LogP contribution in [0.4, 0.5) is 0 Å². The van der Waals surface area contributed by atoms with Crippen LogP contribution in [0.15, 0.2) is 24.4 Å². The van der Waals surface area contributed by atoms with Crippen molar-refractivity contribution in [2.45, 2.75) is 32.0 Å². The Labute approximate surface area is 137 Å². The van der Waals surface area contributed by atoms with E-state index in [0.717, 1.165) is 18.5 Å². The summed E-state index contributed by atoms with van der Waals surface area (Å²) in [6, 6.07) is 5.78. The van der Waals surface area contributed by atoms with Gasteiger partial charge in [-0.3, -0.25) is 4.98 Å². The highest BCUT2D eigenvalue weighted by Gasteiger charge is 2.55. The largest absolute Gasteiger partial charge is 0.375 e. The zero-order valence-electron chi connectivity index (χ0n) is 13.5. The molecule has 0 saturated carbocycles. The fourth-order valence-corrected chi connectivity index (χ4v) is 4.55. The number of rotatable bonds is 7. The Kier molecular flexibility index (Phi) is 5.01. The van der Waals surface area contributed by atoms with Gasteiger partial charge >= 0.3 is 0 Å². The molecule has 0 unspecified atom stereocenters. The lowest BCUT2D eigenvalue weighted by molar-refractivity contribution is -0.105. The topological polar surface area (TPSA) is 68.7 Å². The van der Waals surface area contributed by atoms with Gasteiger partial charge in [0.05, 0.1) is 23.7 Å². The first-order chi connectivity index (χ1) is 11.1. The summed E-state index contributed by atoms with van der Waals surface area (Å²) in [5.41, 5.74) is 0.644. The summed E-state index contributed by atoms with van der Waals surface area (Å²) in [5, 5.41) is 0. The molecule has 1 atom stereocenters. The van der Waals surface area contributed by atoms with E-state index in [1.165, 1.54) is 0 Å². The quantitative estimate of drug-likeness (QED) is 0.702. The van der Waals surface area contributed by atoms with E-state index in [-0.39, 0.29) is 11.4 Å². The van der Waals surface area contributed by atoms with Crippen LogP contribution in [0.25, 0.3) is 0 Å². The third-order valence-corrected chi connectivity index (χ3v) is 6.61. The van der Waals surface area contributed by atoms with E-state index >= 15 is 0 Å². The van der Waals surface area contributed by atoms with Gasteiger partial charge in [-0.15, -0.1) is 0 Å². The number of aromatic nitrogens is 1. The van der Waals surface area contributed by atoms with Crippen LogP contribution in [-0.2, 0) is 26.1 Å². The lowest BCUT2D eigenvalue weighted by Gasteiger charge is -2.49. The summed E-state index contributed by atoms with van der Waals surface area (Å²) in [5.74, 6) is 0.524. The SMILES string of the molecule is CCS(=O)(=O)N1CC2(C1)OCC[C@@H]2CCOCc1ccccn1. The minimum absolute atomic E-state index is 0.154. The highest BCUT2D eigenvalue weighted by Crippen LogP contribution is 2.42. The van der Waals surface area contributed by atoms with E-state index in [0.29, 0.717) is 38.8 Å². The Bertz CT molecular complexity index is 614. The fourth-order valence-electron chi connectivity index (χ4n) is 3.36. The fraction of sp³-hybridized carbons (Fsp3) is 0.688. The van der Waals surface area contributed by atoms with E-state index in [2.05, 4.69) is 4.98 Å². The smallest absolute Gasteiger partial charge is 0.214 e. The van der Waals surface area contributed by atoms with Crippen molar-refractivity contribution < 1.29 is 17.9 Å². The monoisotopic (exact) mass is 340 g/mol. The normalized spacial score (nSPS) is 24.0. The van der Waals surface area contributed by atoms with Crippen molar-refractivity contribution in [1.29, 1.82) is 0 Å². The molecule has 2 aliphatic heterocycles. The van der Waals surface area contributed by atoms with Gasteiger partial charge in [0.25, 0.3) is 0 Å². The first-order valence-corrected chi connectivity index (χ1v) is 9.76. The van der Waals surface area contributed by atoms with Gasteiger partial charge in [0, 0.05) is 32.5 Å². The van der Waals surface area contributed by atoms with Gasteiger partial charge in [-0.25, -0.2) is 8.42 Å². The summed E-state index contributed by atoms with van der Waals surface area (Å²) >= 11 is 0. The molecule has 1 spiro atoms. The van der Waals surface area contributed by atoms with E-state index in [1.807, 2.05) is 18.2 Å². The molecule has 2 fully saturated rings. The van der Waals surface area contributed by atoms with Crippen molar-refractivity contribution in [3.05, 3.63) is 30.1 Å². The van der Waals surface area contributed by atoms with Crippen LogP contribution in [0.1, 0.15) is 25.5 Å². The number of sulfonamides is 1. The lowest BCUT2D eigenvalue weighted by Crippen LogP contribution is -2.66. The van der Waals surface area contributed by atoms with Crippen LogP contribution < -0.4 is 0 Å². The Hall–Kier alpha value is -1.02. The van der Waals surface area contributed by atoms with Crippen molar-refractivity contribution >= 4 is 10.0 Å². The molecule has 2 saturated heterocycles. The first kappa shape index (κ1) is 16.8. The number of pyridine rings is 1. The molecule has 6 nitrogen and oxygen atoms in total. The molecule has 0 N–H and O–H groups in total. The van der Waals surface area contributed by atoms with Crippen LogP contribution >= 0.6 is 0 Å². The van der Waals surface area contributed by atoms with Crippen LogP contribution in [-0.4, -0.2) is 55.4 Å². The zero-order valence-corrected chi connectivity index (χ0v) is 14.3. The molecule has 128 valence electrons. The third kappa shape index (κ3) is 3.57. The molecule has 1 aromatic heterocycles. The molecular weight excluding hydrogens is 316 g/mol. The van der Waals surface area contributed by atoms with Crippen LogP contribution in [0.3, 0.4) is 0 Å². The van der Waals surface area contributed by atoms with E-state index in [4.69, 9.17) is 9.47 Å². The van der Waals surface area contributed by atoms with E-state index < -0.39 is 10.0 Å². The van der Waals surface area contributed by atoms with Crippen molar-refractivity contribution in [1.82, 2.24) is 9.29 Å². The van der Waals surface area contributed by atoms with E-state index in [9.17, 15) is 8.42 Å². The van der Waals surface area contributed by atoms with Gasteiger partial charge in [0.1, 0.15) is 0 Å².